The van der Waals surface area contributed by atoms with Crippen LogP contribution >= 0.6 is 0 Å². The molecule has 0 radical (unpaired) electrons. The van der Waals surface area contributed by atoms with Crippen LogP contribution in [0, 0.1) is 6.92 Å². The average Bonchev–Trinajstić information content (AvgIpc) is 3.06. The third-order valence-electron chi connectivity index (χ3n) is 3.60. The molecule has 0 fully saturated rings. The summed E-state index contributed by atoms with van der Waals surface area (Å²) in [6.45, 7) is 2.16. The van der Waals surface area contributed by atoms with Crippen molar-refractivity contribution < 1.29 is 21.8 Å². The van der Waals surface area contributed by atoms with Crippen LogP contribution in [0.15, 0.2) is 72.9 Å². The molecule has 0 spiro atoms. The van der Waals surface area contributed by atoms with Crippen LogP contribution in [-0.4, -0.2) is 0 Å². The Morgan fingerprint density at radius 2 is 1.17 bits per heavy atom. The summed E-state index contributed by atoms with van der Waals surface area (Å²) >= 11 is -1.73. The quantitative estimate of drug-likeness (QED) is 0.789. The zero-order chi connectivity index (χ0) is 12.4. The van der Waals surface area contributed by atoms with Crippen molar-refractivity contribution in [2.45, 2.75) is 14.2 Å². The summed E-state index contributed by atoms with van der Waals surface area (Å²) in [5, 5.41) is 0. The van der Waals surface area contributed by atoms with Crippen molar-refractivity contribution in [2.75, 3.05) is 0 Å². The van der Waals surface area contributed by atoms with Crippen LogP contribution in [0.4, 0.5) is 0 Å². The summed E-state index contributed by atoms with van der Waals surface area (Å²) in [7, 11) is 0. The molecule has 0 aliphatic heterocycles. The van der Waals surface area contributed by atoms with Crippen molar-refractivity contribution in [1.82, 2.24) is 0 Å². The molecule has 0 atom stereocenters. The van der Waals surface area contributed by atoms with Gasteiger partial charge in [-0.3, -0.25) is 0 Å². The van der Waals surface area contributed by atoms with Gasteiger partial charge in [0.25, 0.3) is 0 Å². The molecule has 2 aliphatic rings. The molecule has 0 bridgehead atoms. The van der Waals surface area contributed by atoms with Crippen molar-refractivity contribution >= 4 is 3.27 Å². The summed E-state index contributed by atoms with van der Waals surface area (Å²) in [6, 6.07) is 9.26. The Balaban J connectivity index is 1.96. The first kappa shape index (κ1) is 12.1. The van der Waals surface area contributed by atoms with E-state index >= 15 is 0 Å². The average molecular weight is 313 g/mol. The number of hydrogen-bond acceptors (Lipinski definition) is 0. The molecule has 18 heavy (non-hydrogen) atoms. The molecule has 1 aromatic carbocycles. The van der Waals surface area contributed by atoms with Gasteiger partial charge in [0, 0.05) is 0 Å². The first-order valence-electron chi connectivity index (χ1n) is 6.48. The van der Waals surface area contributed by atoms with E-state index in [9.17, 15) is 0 Å². The Morgan fingerprint density at radius 1 is 0.722 bits per heavy atom. The van der Waals surface area contributed by atoms with Gasteiger partial charge >= 0.3 is 118 Å². The molecule has 0 heterocycles. The Kier molecular flexibility index (Phi) is 3.61. The first-order valence-corrected chi connectivity index (χ1v) is 10.5. The van der Waals surface area contributed by atoms with Gasteiger partial charge in [-0.25, -0.2) is 0 Å². The van der Waals surface area contributed by atoms with E-state index < -0.39 is 21.8 Å². The van der Waals surface area contributed by atoms with E-state index in [1.54, 1.807) is 3.27 Å². The van der Waals surface area contributed by atoms with Crippen LogP contribution < -0.4 is 3.27 Å². The van der Waals surface area contributed by atoms with Gasteiger partial charge in [-0.15, -0.1) is 0 Å². The molecule has 0 nitrogen and oxygen atoms in total. The fourth-order valence-corrected chi connectivity index (χ4v) is 10.1. The minimum atomic E-state index is -1.73. The molecule has 0 saturated heterocycles. The van der Waals surface area contributed by atoms with Crippen LogP contribution in [-0.2, 0) is 21.8 Å². The van der Waals surface area contributed by atoms with Crippen molar-refractivity contribution in [2.24, 2.45) is 0 Å². The molecule has 3 rings (SSSR count). The standard InChI is InChI=1S/C7H7.2C5H5.Zr/c1-7-5-3-2-4-6-7;2*1-2-4-5-3-1;/h3-6H,1H3;2*1-5H;. The molecule has 1 aromatic rings. The fourth-order valence-electron chi connectivity index (χ4n) is 2.63. The number of allylic oxidation sites excluding steroid dienone is 8. The maximum atomic E-state index is 2.40. The number of benzene rings is 1. The van der Waals surface area contributed by atoms with E-state index in [0.29, 0.717) is 7.25 Å². The minimum absolute atomic E-state index is 0.715. The first-order chi connectivity index (χ1) is 8.84. The van der Waals surface area contributed by atoms with Gasteiger partial charge in [-0.05, 0) is 0 Å². The molecular formula is C17H17Zr. The third-order valence-corrected chi connectivity index (χ3v) is 11.5. The molecule has 0 N–H and O–H groups in total. The van der Waals surface area contributed by atoms with E-state index in [1.807, 2.05) is 0 Å². The van der Waals surface area contributed by atoms with Crippen molar-refractivity contribution in [3.05, 3.63) is 78.4 Å². The van der Waals surface area contributed by atoms with E-state index in [1.165, 1.54) is 5.56 Å². The van der Waals surface area contributed by atoms with Gasteiger partial charge in [-0.1, -0.05) is 0 Å². The van der Waals surface area contributed by atoms with Crippen LogP contribution in [0.2, 0.25) is 7.25 Å². The molecule has 89 valence electrons. The molecular weight excluding hydrogens is 295 g/mol. The molecule has 0 unspecified atom stereocenters. The number of rotatable bonds is 3. The zero-order valence-corrected chi connectivity index (χ0v) is 13.0. The molecule has 0 aromatic heterocycles. The Hall–Kier alpha value is -0.937. The Labute approximate surface area is 117 Å². The van der Waals surface area contributed by atoms with Crippen LogP contribution in [0.1, 0.15) is 5.56 Å². The van der Waals surface area contributed by atoms with Gasteiger partial charge in [0.15, 0.2) is 0 Å². The number of aryl methyl sites for hydroxylation is 1. The van der Waals surface area contributed by atoms with Crippen molar-refractivity contribution in [1.29, 1.82) is 0 Å². The van der Waals surface area contributed by atoms with E-state index in [4.69, 9.17) is 0 Å². The van der Waals surface area contributed by atoms with E-state index in [0.717, 1.165) is 0 Å². The molecule has 0 amide bonds. The summed E-state index contributed by atoms with van der Waals surface area (Å²) in [5.74, 6) is 0. The van der Waals surface area contributed by atoms with Crippen molar-refractivity contribution in [3.8, 4) is 0 Å². The normalized spacial score (nSPS) is 18.1. The summed E-state index contributed by atoms with van der Waals surface area (Å²) in [4.78, 5) is 0. The Morgan fingerprint density at radius 3 is 1.61 bits per heavy atom. The topological polar surface area (TPSA) is 0 Å². The fraction of sp³-hybridized carbons (Fsp3) is 0.176. The van der Waals surface area contributed by atoms with Gasteiger partial charge in [0.2, 0.25) is 0 Å². The summed E-state index contributed by atoms with van der Waals surface area (Å²) in [5.41, 5.74) is 1.36. The van der Waals surface area contributed by atoms with E-state index in [2.05, 4.69) is 79.8 Å². The predicted molar refractivity (Wildman–Crippen MR) is 74.9 cm³/mol. The van der Waals surface area contributed by atoms with Crippen LogP contribution in [0.5, 0.6) is 0 Å². The monoisotopic (exact) mass is 311 g/mol. The van der Waals surface area contributed by atoms with Gasteiger partial charge < -0.3 is 0 Å². The van der Waals surface area contributed by atoms with Gasteiger partial charge in [-0.2, -0.15) is 0 Å². The second-order valence-corrected chi connectivity index (χ2v) is 11.8. The summed E-state index contributed by atoms with van der Waals surface area (Å²) < 4.78 is 3.06. The SMILES string of the molecule is Cc1cc[c]([Zr]([CH]2C=CC=C2)[CH]2C=CC=C2)cc1. The zero-order valence-electron chi connectivity index (χ0n) is 10.6. The molecule has 0 saturated carbocycles. The second kappa shape index (κ2) is 5.37. The second-order valence-electron chi connectivity index (χ2n) is 4.91. The predicted octanol–water partition coefficient (Wildman–Crippen LogP) is 4.07. The third kappa shape index (κ3) is 2.42. The van der Waals surface area contributed by atoms with Crippen molar-refractivity contribution in [3.63, 3.8) is 0 Å². The Bertz CT molecular complexity index is 479. The maximum absolute atomic E-state index is 2.40. The van der Waals surface area contributed by atoms with E-state index in [-0.39, 0.29) is 0 Å². The number of hydrogen-bond donors (Lipinski definition) is 0. The van der Waals surface area contributed by atoms with Crippen LogP contribution in [0.3, 0.4) is 0 Å². The molecule has 1 heteroatoms. The van der Waals surface area contributed by atoms with Gasteiger partial charge in [0.05, 0.1) is 0 Å². The van der Waals surface area contributed by atoms with Gasteiger partial charge in [0.1, 0.15) is 0 Å². The summed E-state index contributed by atoms with van der Waals surface area (Å²) in [6.07, 6.45) is 18.4. The molecule has 2 aliphatic carbocycles. The van der Waals surface area contributed by atoms with Crippen LogP contribution in [0.25, 0.3) is 0 Å².